The molecule has 2 aromatic carbocycles. The van der Waals surface area contributed by atoms with Crippen molar-refractivity contribution >= 4 is 0 Å². The predicted octanol–water partition coefficient (Wildman–Crippen LogP) is 3.34. The maximum Gasteiger partial charge on any atom is 0.119 e. The van der Waals surface area contributed by atoms with Crippen LogP contribution in [-0.2, 0) is 6.42 Å². The SMILES string of the molecule is CCc1cc(OC)cc(C(O)c2ccccc2)c1. The molecule has 0 aliphatic heterocycles. The minimum atomic E-state index is -0.605. The first-order chi connectivity index (χ1) is 8.74. The fourth-order valence-electron chi connectivity index (χ4n) is 1.99. The summed E-state index contributed by atoms with van der Waals surface area (Å²) in [6, 6.07) is 15.6. The molecule has 94 valence electrons. The van der Waals surface area contributed by atoms with Gasteiger partial charge in [-0.2, -0.15) is 0 Å². The fraction of sp³-hybridized carbons (Fsp3) is 0.250. The van der Waals surface area contributed by atoms with Crippen molar-refractivity contribution in [1.82, 2.24) is 0 Å². The number of methoxy groups -OCH3 is 1. The third kappa shape index (κ3) is 2.71. The first-order valence-electron chi connectivity index (χ1n) is 6.15. The number of aryl methyl sites for hydroxylation is 1. The molecule has 0 bridgehead atoms. The van der Waals surface area contributed by atoms with Crippen LogP contribution in [0.1, 0.15) is 29.7 Å². The van der Waals surface area contributed by atoms with E-state index < -0.39 is 6.10 Å². The van der Waals surface area contributed by atoms with E-state index in [4.69, 9.17) is 4.74 Å². The zero-order chi connectivity index (χ0) is 13.0. The molecule has 2 nitrogen and oxygen atoms in total. The third-order valence-electron chi connectivity index (χ3n) is 3.06. The number of rotatable bonds is 4. The molecule has 2 aromatic rings. The van der Waals surface area contributed by atoms with E-state index in [1.54, 1.807) is 7.11 Å². The summed E-state index contributed by atoms with van der Waals surface area (Å²) < 4.78 is 5.27. The number of aliphatic hydroxyl groups excluding tert-OH is 1. The molecule has 2 heteroatoms. The van der Waals surface area contributed by atoms with E-state index >= 15 is 0 Å². The van der Waals surface area contributed by atoms with Gasteiger partial charge in [0.25, 0.3) is 0 Å². The lowest BCUT2D eigenvalue weighted by Crippen LogP contribution is -2.01. The Kier molecular flexibility index (Phi) is 4.00. The Hall–Kier alpha value is -1.80. The highest BCUT2D eigenvalue weighted by molar-refractivity contribution is 5.39. The summed E-state index contributed by atoms with van der Waals surface area (Å²) >= 11 is 0. The van der Waals surface area contributed by atoms with Gasteiger partial charge in [0.15, 0.2) is 0 Å². The Bertz CT molecular complexity index is 484. The monoisotopic (exact) mass is 242 g/mol. The predicted molar refractivity (Wildman–Crippen MR) is 72.9 cm³/mol. The summed E-state index contributed by atoms with van der Waals surface area (Å²) in [5, 5.41) is 10.4. The molecule has 18 heavy (non-hydrogen) atoms. The van der Waals surface area contributed by atoms with Crippen LogP contribution in [0.2, 0.25) is 0 Å². The van der Waals surface area contributed by atoms with E-state index in [-0.39, 0.29) is 0 Å². The van der Waals surface area contributed by atoms with Crippen LogP contribution >= 0.6 is 0 Å². The quantitative estimate of drug-likeness (QED) is 0.891. The fourth-order valence-corrected chi connectivity index (χ4v) is 1.99. The van der Waals surface area contributed by atoms with Gasteiger partial charge in [0.1, 0.15) is 11.9 Å². The highest BCUT2D eigenvalue weighted by atomic mass is 16.5. The molecule has 0 fully saturated rings. The zero-order valence-electron chi connectivity index (χ0n) is 10.8. The standard InChI is InChI=1S/C16H18O2/c1-3-12-9-14(11-15(10-12)18-2)16(17)13-7-5-4-6-8-13/h4-11,16-17H,3H2,1-2H3. The lowest BCUT2D eigenvalue weighted by molar-refractivity contribution is 0.219. The topological polar surface area (TPSA) is 29.5 Å². The number of hydrogen-bond donors (Lipinski definition) is 1. The summed E-state index contributed by atoms with van der Waals surface area (Å²) in [7, 11) is 1.65. The Labute approximate surface area is 108 Å². The van der Waals surface area contributed by atoms with Gasteiger partial charge in [-0.3, -0.25) is 0 Å². The second-order valence-corrected chi connectivity index (χ2v) is 4.28. The maximum atomic E-state index is 10.4. The Morgan fingerprint density at radius 3 is 2.39 bits per heavy atom. The summed E-state index contributed by atoms with van der Waals surface area (Å²) in [6.07, 6.45) is 0.317. The van der Waals surface area contributed by atoms with Crippen LogP contribution in [0.5, 0.6) is 5.75 Å². The summed E-state index contributed by atoms with van der Waals surface area (Å²) in [5.74, 6) is 0.791. The normalized spacial score (nSPS) is 12.2. The van der Waals surface area contributed by atoms with Crippen LogP contribution in [0.25, 0.3) is 0 Å². The van der Waals surface area contributed by atoms with Crippen molar-refractivity contribution in [3.05, 3.63) is 65.2 Å². The third-order valence-corrected chi connectivity index (χ3v) is 3.06. The largest absolute Gasteiger partial charge is 0.497 e. The van der Waals surface area contributed by atoms with Gasteiger partial charge in [-0.25, -0.2) is 0 Å². The average Bonchev–Trinajstić information content (AvgIpc) is 2.46. The molecule has 0 saturated heterocycles. The summed E-state index contributed by atoms with van der Waals surface area (Å²) in [5.41, 5.74) is 2.93. The Morgan fingerprint density at radius 2 is 1.78 bits per heavy atom. The van der Waals surface area contributed by atoms with E-state index in [1.807, 2.05) is 48.5 Å². The van der Waals surface area contributed by atoms with Crippen molar-refractivity contribution in [2.24, 2.45) is 0 Å². The van der Waals surface area contributed by atoms with Crippen LogP contribution < -0.4 is 4.74 Å². The van der Waals surface area contributed by atoms with Crippen molar-refractivity contribution in [1.29, 1.82) is 0 Å². The zero-order valence-corrected chi connectivity index (χ0v) is 10.8. The van der Waals surface area contributed by atoms with Gasteiger partial charge in [-0.05, 0) is 35.2 Å². The van der Waals surface area contributed by atoms with E-state index in [2.05, 4.69) is 6.92 Å². The van der Waals surface area contributed by atoms with Crippen molar-refractivity contribution in [3.8, 4) is 5.75 Å². The van der Waals surface area contributed by atoms with Crippen LogP contribution in [0, 0.1) is 0 Å². The minimum absolute atomic E-state index is 0.605. The van der Waals surface area contributed by atoms with Gasteiger partial charge in [0.2, 0.25) is 0 Å². The second-order valence-electron chi connectivity index (χ2n) is 4.28. The van der Waals surface area contributed by atoms with E-state index in [1.165, 1.54) is 5.56 Å². The van der Waals surface area contributed by atoms with E-state index in [9.17, 15) is 5.11 Å². The van der Waals surface area contributed by atoms with E-state index in [0.717, 1.165) is 23.3 Å². The molecule has 2 rings (SSSR count). The molecule has 1 unspecified atom stereocenters. The summed E-state index contributed by atoms with van der Waals surface area (Å²) in [4.78, 5) is 0. The average molecular weight is 242 g/mol. The molecule has 0 spiro atoms. The van der Waals surface area contributed by atoms with Crippen molar-refractivity contribution < 1.29 is 9.84 Å². The number of ether oxygens (including phenoxy) is 1. The molecule has 1 atom stereocenters. The van der Waals surface area contributed by atoms with Crippen molar-refractivity contribution in [3.63, 3.8) is 0 Å². The smallest absolute Gasteiger partial charge is 0.119 e. The van der Waals surface area contributed by atoms with E-state index in [0.29, 0.717) is 0 Å². The van der Waals surface area contributed by atoms with Crippen molar-refractivity contribution in [2.45, 2.75) is 19.4 Å². The van der Waals surface area contributed by atoms with Crippen LogP contribution in [-0.4, -0.2) is 12.2 Å². The van der Waals surface area contributed by atoms with Gasteiger partial charge in [0.05, 0.1) is 7.11 Å². The number of hydrogen-bond acceptors (Lipinski definition) is 2. The second kappa shape index (κ2) is 5.69. The minimum Gasteiger partial charge on any atom is -0.497 e. The first-order valence-corrected chi connectivity index (χ1v) is 6.15. The lowest BCUT2D eigenvalue weighted by Gasteiger charge is -2.14. The van der Waals surface area contributed by atoms with Gasteiger partial charge < -0.3 is 9.84 Å². The van der Waals surface area contributed by atoms with Crippen LogP contribution in [0.4, 0.5) is 0 Å². The van der Waals surface area contributed by atoms with Crippen molar-refractivity contribution in [2.75, 3.05) is 7.11 Å². The molecular formula is C16H18O2. The molecule has 0 aliphatic carbocycles. The summed E-state index contributed by atoms with van der Waals surface area (Å²) in [6.45, 7) is 2.09. The Balaban J connectivity index is 2.38. The Morgan fingerprint density at radius 1 is 1.06 bits per heavy atom. The maximum absolute atomic E-state index is 10.4. The molecule has 0 saturated carbocycles. The van der Waals surface area contributed by atoms with Crippen LogP contribution in [0.15, 0.2) is 48.5 Å². The molecule has 0 heterocycles. The van der Waals surface area contributed by atoms with Gasteiger partial charge >= 0.3 is 0 Å². The molecule has 0 amide bonds. The molecular weight excluding hydrogens is 224 g/mol. The number of aliphatic hydroxyl groups is 1. The lowest BCUT2D eigenvalue weighted by atomic mass is 9.98. The van der Waals surface area contributed by atoms with Gasteiger partial charge in [0, 0.05) is 0 Å². The highest BCUT2D eigenvalue weighted by Crippen LogP contribution is 2.26. The first kappa shape index (κ1) is 12.7. The van der Waals surface area contributed by atoms with Gasteiger partial charge in [-0.1, -0.05) is 43.3 Å². The highest BCUT2D eigenvalue weighted by Gasteiger charge is 2.12. The molecule has 0 radical (unpaired) electrons. The molecule has 1 N–H and O–H groups in total. The molecule has 0 aromatic heterocycles. The number of benzene rings is 2. The van der Waals surface area contributed by atoms with Gasteiger partial charge in [-0.15, -0.1) is 0 Å². The van der Waals surface area contributed by atoms with Crippen LogP contribution in [0.3, 0.4) is 0 Å². The molecule has 0 aliphatic rings.